The van der Waals surface area contributed by atoms with E-state index in [1.54, 1.807) is 0 Å². The zero-order chi connectivity index (χ0) is 13.5. The molecule has 0 heterocycles. The quantitative estimate of drug-likeness (QED) is 0.311. The van der Waals surface area contributed by atoms with Crippen molar-refractivity contribution in [3.8, 4) is 0 Å². The van der Waals surface area contributed by atoms with Crippen LogP contribution in [-0.2, 0) is 6.15 Å². The van der Waals surface area contributed by atoms with Gasteiger partial charge in [0.25, 0.3) is 0 Å². The Bertz CT molecular complexity index is 165. The molecule has 2 nitrogen and oxygen atoms in total. The Hall–Kier alpha value is 0.559. The molecule has 0 aromatic rings. The molecule has 0 rings (SSSR count). The van der Waals surface area contributed by atoms with Gasteiger partial charge in [0.05, 0.1) is 0 Å². The van der Waals surface area contributed by atoms with Gasteiger partial charge in [0, 0.05) is 0 Å². The van der Waals surface area contributed by atoms with E-state index in [9.17, 15) is 3.08 Å². The van der Waals surface area contributed by atoms with Gasteiger partial charge in [-0.2, -0.15) is 0 Å². The summed E-state index contributed by atoms with van der Waals surface area (Å²) in [5.74, 6) is 0. The molecule has 3 heteroatoms. The maximum atomic E-state index is 11.7. The summed E-state index contributed by atoms with van der Waals surface area (Å²) in [6.07, 6.45) is 13.9. The summed E-state index contributed by atoms with van der Waals surface area (Å²) in [6, 6.07) is 0. The molecule has 0 aromatic carbocycles. The Morgan fingerprint density at radius 3 is 1.83 bits per heavy atom. The molecular formula is C15H32O2Sn. The monoisotopic (exact) mass is 364 g/mol. The van der Waals surface area contributed by atoms with Gasteiger partial charge >= 0.3 is 122 Å². The molecule has 18 heavy (non-hydrogen) atoms. The summed E-state index contributed by atoms with van der Waals surface area (Å²) < 4.78 is 18.1. The van der Waals surface area contributed by atoms with Crippen LogP contribution in [0.3, 0.4) is 0 Å². The molecule has 0 fully saturated rings. The van der Waals surface area contributed by atoms with Crippen molar-refractivity contribution < 1.29 is 6.15 Å². The molecule has 0 atom stereocenters. The van der Waals surface area contributed by atoms with Gasteiger partial charge in [0.15, 0.2) is 0 Å². The second-order valence-electron chi connectivity index (χ2n) is 5.15. The van der Waals surface area contributed by atoms with Crippen LogP contribution in [0, 0.1) is 0 Å². The zero-order valence-electron chi connectivity index (χ0n) is 12.5. The SMILES string of the molecule is CCCCCCC[CH2][Sn](=[O])[O]CCCCCCC. The van der Waals surface area contributed by atoms with E-state index in [-0.39, 0.29) is 0 Å². The summed E-state index contributed by atoms with van der Waals surface area (Å²) >= 11 is -2.61. The van der Waals surface area contributed by atoms with E-state index >= 15 is 0 Å². The Morgan fingerprint density at radius 2 is 1.22 bits per heavy atom. The van der Waals surface area contributed by atoms with Gasteiger partial charge in [-0.15, -0.1) is 0 Å². The average molecular weight is 363 g/mol. The molecule has 0 aliphatic heterocycles. The Morgan fingerprint density at radius 1 is 0.722 bits per heavy atom. The summed E-state index contributed by atoms with van der Waals surface area (Å²) in [5, 5.41) is 0. The van der Waals surface area contributed by atoms with Gasteiger partial charge in [-0.3, -0.25) is 0 Å². The van der Waals surface area contributed by atoms with E-state index < -0.39 is 20.2 Å². The molecule has 0 aromatic heterocycles. The zero-order valence-corrected chi connectivity index (χ0v) is 15.4. The van der Waals surface area contributed by atoms with Crippen LogP contribution in [0.15, 0.2) is 0 Å². The van der Waals surface area contributed by atoms with Gasteiger partial charge in [-0.1, -0.05) is 0 Å². The minimum atomic E-state index is -2.61. The predicted octanol–water partition coefficient (Wildman–Crippen LogP) is 5.25. The molecule has 0 aliphatic carbocycles. The van der Waals surface area contributed by atoms with Gasteiger partial charge in [-0.05, 0) is 0 Å². The van der Waals surface area contributed by atoms with E-state index in [0.29, 0.717) is 0 Å². The van der Waals surface area contributed by atoms with Gasteiger partial charge in [0.2, 0.25) is 0 Å². The van der Waals surface area contributed by atoms with Gasteiger partial charge < -0.3 is 0 Å². The van der Waals surface area contributed by atoms with Crippen LogP contribution < -0.4 is 0 Å². The Labute approximate surface area is 122 Å². The fourth-order valence-electron chi connectivity index (χ4n) is 2.01. The van der Waals surface area contributed by atoms with Crippen molar-refractivity contribution >= 4 is 20.2 Å². The first kappa shape index (κ1) is 18.6. The van der Waals surface area contributed by atoms with E-state index in [2.05, 4.69) is 13.8 Å². The molecule has 108 valence electrons. The fourth-order valence-corrected chi connectivity index (χ4v) is 5.02. The maximum absolute atomic E-state index is 11.7. The number of unbranched alkanes of at least 4 members (excludes halogenated alkanes) is 9. The summed E-state index contributed by atoms with van der Waals surface area (Å²) in [4.78, 5) is 0. The standard InChI is InChI=1S/C8H17.C7H15O.O.Sn/c1-3-5-7-8-6-4-2;1-2-3-4-5-6-7-8;;/h1,3-8H2,2H3;2-7H2,1H3;;/q;-1;;+1. The van der Waals surface area contributed by atoms with Crippen LogP contribution in [0.4, 0.5) is 0 Å². The van der Waals surface area contributed by atoms with Gasteiger partial charge in [-0.25, -0.2) is 0 Å². The predicted molar refractivity (Wildman–Crippen MR) is 79.3 cm³/mol. The molecular weight excluding hydrogens is 331 g/mol. The molecule has 0 spiro atoms. The van der Waals surface area contributed by atoms with Crippen LogP contribution in [-0.4, -0.2) is 26.8 Å². The van der Waals surface area contributed by atoms with E-state index in [0.717, 1.165) is 23.9 Å². The van der Waals surface area contributed by atoms with Crippen molar-refractivity contribution in [2.45, 2.75) is 88.9 Å². The van der Waals surface area contributed by atoms with E-state index in [1.807, 2.05) is 0 Å². The molecule has 0 saturated carbocycles. The molecule has 0 N–H and O–H groups in total. The second kappa shape index (κ2) is 15.6. The third-order valence-corrected chi connectivity index (χ3v) is 6.92. The van der Waals surface area contributed by atoms with Crippen LogP contribution in [0.5, 0.6) is 0 Å². The summed E-state index contributed by atoms with van der Waals surface area (Å²) in [7, 11) is 0. The van der Waals surface area contributed by atoms with Crippen molar-refractivity contribution in [1.82, 2.24) is 0 Å². The van der Waals surface area contributed by atoms with Gasteiger partial charge in [0.1, 0.15) is 0 Å². The van der Waals surface area contributed by atoms with Crippen molar-refractivity contribution in [3.63, 3.8) is 0 Å². The van der Waals surface area contributed by atoms with E-state index in [1.165, 1.54) is 57.8 Å². The first-order chi connectivity index (χ1) is 8.81. The molecule has 0 saturated heterocycles. The topological polar surface area (TPSA) is 26.3 Å². The molecule has 0 amide bonds. The van der Waals surface area contributed by atoms with Crippen LogP contribution in [0.2, 0.25) is 4.44 Å². The van der Waals surface area contributed by atoms with Crippen LogP contribution in [0.25, 0.3) is 0 Å². The Balaban J connectivity index is 3.12. The first-order valence-electron chi connectivity index (χ1n) is 7.96. The van der Waals surface area contributed by atoms with Crippen LogP contribution in [0.1, 0.15) is 84.5 Å². The van der Waals surface area contributed by atoms with Crippen molar-refractivity contribution in [3.05, 3.63) is 0 Å². The van der Waals surface area contributed by atoms with Crippen molar-refractivity contribution in [2.75, 3.05) is 6.61 Å². The minimum absolute atomic E-state index is 0.748. The first-order valence-corrected chi connectivity index (χ1v) is 12.3. The Kier molecular flexibility index (Phi) is 16.1. The normalized spacial score (nSPS) is 10.8. The van der Waals surface area contributed by atoms with Crippen LogP contribution >= 0.6 is 0 Å². The number of hydrogen-bond donors (Lipinski definition) is 0. The number of rotatable bonds is 14. The second-order valence-corrected chi connectivity index (χ2v) is 9.53. The number of hydrogen-bond acceptors (Lipinski definition) is 2. The third kappa shape index (κ3) is 14.6. The summed E-state index contributed by atoms with van der Waals surface area (Å²) in [5.41, 5.74) is 0. The average Bonchev–Trinajstić information content (AvgIpc) is 2.38. The molecule has 0 bridgehead atoms. The molecule has 0 radical (unpaired) electrons. The summed E-state index contributed by atoms with van der Waals surface area (Å²) in [6.45, 7) is 5.20. The van der Waals surface area contributed by atoms with E-state index in [4.69, 9.17) is 3.07 Å². The molecule has 0 aliphatic rings. The molecule has 0 unspecified atom stereocenters. The van der Waals surface area contributed by atoms with Crippen molar-refractivity contribution in [2.24, 2.45) is 0 Å². The van der Waals surface area contributed by atoms with Crippen molar-refractivity contribution in [1.29, 1.82) is 0 Å². The fraction of sp³-hybridized carbons (Fsp3) is 1.00. The third-order valence-electron chi connectivity index (χ3n) is 3.25.